The summed E-state index contributed by atoms with van der Waals surface area (Å²) < 4.78 is 55.2. The molecule has 18 heteroatoms. The number of urea groups is 3. The zero-order chi connectivity index (χ0) is 47.9. The number of aryl methyl sites for hydroxylation is 2. The van der Waals surface area contributed by atoms with Gasteiger partial charge >= 0.3 is 18.1 Å². The number of fused-ring (bicyclic) bond motifs is 1. The van der Waals surface area contributed by atoms with Gasteiger partial charge < -0.3 is 61.4 Å². The molecule has 0 radical (unpaired) electrons. The van der Waals surface area contributed by atoms with Crippen molar-refractivity contribution in [3.05, 3.63) is 156 Å². The van der Waals surface area contributed by atoms with Crippen LogP contribution >= 0.6 is 0 Å². The van der Waals surface area contributed by atoms with E-state index in [-0.39, 0.29) is 17.1 Å². The van der Waals surface area contributed by atoms with Gasteiger partial charge in [-0.3, -0.25) is 0 Å². The molecule has 7 aromatic rings. The number of phenols is 3. The second kappa shape index (κ2) is 22.5. The van der Waals surface area contributed by atoms with Crippen molar-refractivity contribution in [1.82, 2.24) is 0 Å². The van der Waals surface area contributed by atoms with Crippen LogP contribution in [0, 0.1) is 31.3 Å². The number of benzene rings is 7. The number of amides is 6. The van der Waals surface area contributed by atoms with Crippen LogP contribution in [0.2, 0.25) is 0 Å². The fraction of sp³-hybridized carbons (Fsp3) is 0.104. The summed E-state index contributed by atoms with van der Waals surface area (Å²) in [6.45, 7) is 3.75. The lowest BCUT2D eigenvalue weighted by molar-refractivity contribution is 0.261. The summed E-state index contributed by atoms with van der Waals surface area (Å²) in [4.78, 5) is 36.0. The molecule has 0 saturated heterocycles. The summed E-state index contributed by atoms with van der Waals surface area (Å²) in [5.74, 6) is -3.11. The highest BCUT2D eigenvalue weighted by atomic mass is 19.1. The van der Waals surface area contributed by atoms with Gasteiger partial charge in [0.1, 0.15) is 0 Å². The molecule has 0 fully saturated rings. The number of halogens is 3. The Bertz CT molecular complexity index is 2810. The lowest BCUT2D eigenvalue weighted by Gasteiger charge is -2.15. The van der Waals surface area contributed by atoms with Crippen molar-refractivity contribution >= 4 is 63.0 Å². The number of hydrogen-bond donors (Lipinski definition) is 9. The number of rotatable bonds is 9. The van der Waals surface area contributed by atoms with E-state index in [9.17, 15) is 42.9 Å². The van der Waals surface area contributed by atoms with Crippen molar-refractivity contribution in [2.45, 2.75) is 13.8 Å². The number of para-hydroxylation sites is 4. The third-order valence-corrected chi connectivity index (χ3v) is 9.39. The van der Waals surface area contributed by atoms with Crippen LogP contribution in [0.1, 0.15) is 11.1 Å². The average molecular weight is 907 g/mol. The van der Waals surface area contributed by atoms with Crippen molar-refractivity contribution in [2.24, 2.45) is 0 Å². The molecule has 0 saturated carbocycles. The van der Waals surface area contributed by atoms with E-state index in [1.807, 2.05) is 68.4 Å². The Kier molecular flexibility index (Phi) is 16.5. The molecule has 0 heterocycles. The van der Waals surface area contributed by atoms with Crippen LogP contribution in [0.4, 0.5) is 61.7 Å². The molecule has 0 aromatic heterocycles. The van der Waals surface area contributed by atoms with Crippen LogP contribution in [0.5, 0.6) is 34.5 Å². The average Bonchev–Trinajstić information content (AvgIpc) is 3.30. The van der Waals surface area contributed by atoms with Gasteiger partial charge in [-0.1, -0.05) is 72.8 Å². The van der Waals surface area contributed by atoms with Crippen molar-refractivity contribution in [3.63, 3.8) is 0 Å². The van der Waals surface area contributed by atoms with Gasteiger partial charge in [0.25, 0.3) is 0 Å². The summed E-state index contributed by atoms with van der Waals surface area (Å²) in [5.41, 5.74) is 3.50. The van der Waals surface area contributed by atoms with Crippen LogP contribution in [0.3, 0.4) is 0 Å². The number of phenolic OH excluding ortho intramolecular Hbond substituents is 3. The molecule has 6 amide bonds. The fourth-order valence-corrected chi connectivity index (χ4v) is 6.18. The normalized spacial score (nSPS) is 10.2. The minimum Gasteiger partial charge on any atom is -0.503 e. The molecule has 0 spiro atoms. The Hall–Kier alpha value is -8.80. The van der Waals surface area contributed by atoms with Gasteiger partial charge in [-0.2, -0.15) is 0 Å². The van der Waals surface area contributed by atoms with Crippen LogP contribution in [0.15, 0.2) is 127 Å². The van der Waals surface area contributed by atoms with Crippen LogP contribution in [-0.4, -0.2) is 54.7 Å². The Balaban J connectivity index is 0.000000186. The number of carbonyl (C=O) groups is 3. The predicted molar refractivity (Wildman–Crippen MR) is 248 cm³/mol. The monoisotopic (exact) mass is 906 g/mol. The fourth-order valence-electron chi connectivity index (χ4n) is 6.18. The molecule has 15 nitrogen and oxygen atoms in total. The highest BCUT2D eigenvalue weighted by molar-refractivity contribution is 6.07. The van der Waals surface area contributed by atoms with Gasteiger partial charge in [-0.25, -0.2) is 27.6 Å². The highest BCUT2D eigenvalue weighted by Gasteiger charge is 2.17. The van der Waals surface area contributed by atoms with Gasteiger partial charge in [0.05, 0.1) is 49.8 Å². The van der Waals surface area contributed by atoms with E-state index in [0.717, 1.165) is 40.1 Å². The van der Waals surface area contributed by atoms with E-state index in [1.54, 1.807) is 6.07 Å². The number of nitrogens with one attached hydrogen (secondary N) is 6. The molecule has 66 heavy (non-hydrogen) atoms. The molecule has 0 aliphatic heterocycles. The van der Waals surface area contributed by atoms with Crippen molar-refractivity contribution in [2.75, 3.05) is 53.2 Å². The number of anilines is 6. The minimum absolute atomic E-state index is 0.0118. The van der Waals surface area contributed by atoms with Crippen molar-refractivity contribution in [1.29, 1.82) is 0 Å². The predicted octanol–water partition coefficient (Wildman–Crippen LogP) is 11.3. The van der Waals surface area contributed by atoms with Gasteiger partial charge in [0, 0.05) is 23.2 Å². The standard InChI is InChI=1S/C17H13FN2O2.C16H17FN2O5.C15H15FN2O2/c18-13-8-4-10-15(16(13)21)20-17(22)19-14-9-3-6-11-5-1-2-7-12(11)14;1-22-12-7-9(8-13(23-2)15(12)24-3)18-16(21)19-11-6-4-5-10(17)14(11)20;1-9-5-3-6-10(2)13(9)18-15(20)17-12-8-4-7-11(16)14(12)19/h1-10,21H,(H2,19,20,22);4-8,20H,1-3H3,(H2,18,19,21);3-8,19H,1-2H3,(H2,17,18,20). The van der Waals surface area contributed by atoms with E-state index in [4.69, 9.17) is 14.2 Å². The summed E-state index contributed by atoms with van der Waals surface area (Å²) >= 11 is 0. The maximum Gasteiger partial charge on any atom is 0.323 e. The molecule has 0 aliphatic rings. The third-order valence-electron chi connectivity index (χ3n) is 9.39. The van der Waals surface area contributed by atoms with E-state index in [0.29, 0.717) is 34.3 Å². The van der Waals surface area contributed by atoms with Crippen LogP contribution in [0.25, 0.3) is 10.8 Å². The van der Waals surface area contributed by atoms with E-state index in [1.165, 1.54) is 69.9 Å². The number of hydrogen-bond acceptors (Lipinski definition) is 9. The van der Waals surface area contributed by atoms with E-state index in [2.05, 4.69) is 31.9 Å². The number of ether oxygens (including phenoxy) is 3. The molecule has 342 valence electrons. The third kappa shape index (κ3) is 12.4. The largest absolute Gasteiger partial charge is 0.503 e. The Labute approximate surface area is 376 Å². The molecule has 0 bridgehead atoms. The van der Waals surface area contributed by atoms with Crippen LogP contribution < -0.4 is 46.1 Å². The Morgan fingerprint density at radius 3 is 1.30 bits per heavy atom. The second-order valence-corrected chi connectivity index (χ2v) is 13.9. The van der Waals surface area contributed by atoms with Gasteiger partial charge in [-0.05, 0) is 72.8 Å². The first kappa shape index (κ1) is 48.2. The highest BCUT2D eigenvalue weighted by Crippen LogP contribution is 2.40. The van der Waals surface area contributed by atoms with Crippen molar-refractivity contribution in [3.8, 4) is 34.5 Å². The summed E-state index contributed by atoms with van der Waals surface area (Å²) in [6.07, 6.45) is 0. The summed E-state index contributed by atoms with van der Waals surface area (Å²) in [7, 11) is 4.37. The first-order chi connectivity index (χ1) is 31.6. The number of aromatic hydroxyl groups is 3. The first-order valence-electron chi connectivity index (χ1n) is 19.6. The Morgan fingerprint density at radius 1 is 0.455 bits per heavy atom. The lowest BCUT2D eigenvalue weighted by atomic mass is 10.1. The Morgan fingerprint density at radius 2 is 0.833 bits per heavy atom. The topological polar surface area (TPSA) is 212 Å². The summed E-state index contributed by atoms with van der Waals surface area (Å²) in [5, 5.41) is 45.6. The SMILES string of the molecule is COc1cc(NC(=O)Nc2cccc(F)c2O)cc(OC)c1OC.Cc1cccc(C)c1NC(=O)Nc1cccc(F)c1O.O=C(Nc1cccc(F)c1O)Nc1cccc2ccccc12. The molecule has 0 unspecified atom stereocenters. The maximum absolute atomic E-state index is 13.3. The minimum atomic E-state index is -0.833. The van der Waals surface area contributed by atoms with Crippen LogP contribution in [-0.2, 0) is 0 Å². The molecule has 7 rings (SSSR count). The molecule has 0 atom stereocenters. The zero-order valence-electron chi connectivity index (χ0n) is 36.0. The second-order valence-electron chi connectivity index (χ2n) is 13.9. The molecule has 7 aromatic carbocycles. The maximum atomic E-state index is 13.3. The first-order valence-corrected chi connectivity index (χ1v) is 19.6. The van der Waals surface area contributed by atoms with Gasteiger partial charge in [-0.15, -0.1) is 0 Å². The lowest BCUT2D eigenvalue weighted by Crippen LogP contribution is -2.20. The summed E-state index contributed by atoms with van der Waals surface area (Å²) in [6, 6.07) is 31.8. The molecular formula is C48H45F3N6O9. The van der Waals surface area contributed by atoms with E-state index < -0.39 is 52.8 Å². The van der Waals surface area contributed by atoms with Gasteiger partial charge in [0.15, 0.2) is 46.2 Å². The van der Waals surface area contributed by atoms with Gasteiger partial charge in [0.2, 0.25) is 5.75 Å². The molecule has 0 aliphatic carbocycles. The number of carbonyl (C=O) groups excluding carboxylic acids is 3. The number of methoxy groups -OCH3 is 3. The quantitative estimate of drug-likeness (QED) is 0.0630. The molecule has 9 N–H and O–H groups in total. The zero-order valence-corrected chi connectivity index (χ0v) is 36.0. The smallest absolute Gasteiger partial charge is 0.323 e. The van der Waals surface area contributed by atoms with Crippen molar-refractivity contribution < 1.29 is 57.1 Å². The van der Waals surface area contributed by atoms with E-state index >= 15 is 0 Å². The molecular weight excluding hydrogens is 862 g/mol.